The van der Waals surface area contributed by atoms with Gasteiger partial charge in [0, 0.05) is 36.9 Å². The second-order valence-corrected chi connectivity index (χ2v) is 6.95. The fraction of sp³-hybridized carbons (Fsp3) is 0.263. The average molecular weight is 399 g/mol. The minimum atomic E-state index is -0.433. The van der Waals surface area contributed by atoms with Crippen LogP contribution < -0.4 is 10.6 Å². The molecule has 0 atom stereocenters. The van der Waals surface area contributed by atoms with Gasteiger partial charge in [0.15, 0.2) is 0 Å². The summed E-state index contributed by atoms with van der Waals surface area (Å²) >= 11 is 6.06. The van der Waals surface area contributed by atoms with Gasteiger partial charge in [0.25, 0.3) is 0 Å². The van der Waals surface area contributed by atoms with E-state index in [2.05, 4.69) is 15.3 Å². The normalized spacial score (nSPS) is 14.3. The van der Waals surface area contributed by atoms with Crippen molar-refractivity contribution in [3.8, 4) is 5.69 Å². The van der Waals surface area contributed by atoms with Gasteiger partial charge < -0.3 is 9.80 Å². The molecule has 0 aliphatic carbocycles. The second-order valence-electron chi connectivity index (χ2n) is 6.51. The minimum Gasteiger partial charge on any atom is -0.368 e. The number of halogens is 1. The summed E-state index contributed by atoms with van der Waals surface area (Å²) in [7, 11) is 0. The van der Waals surface area contributed by atoms with Crippen LogP contribution in [0.15, 0.2) is 59.4 Å². The molecule has 1 aliphatic rings. The highest BCUT2D eigenvalue weighted by atomic mass is 35.5. The second kappa shape index (κ2) is 7.85. The summed E-state index contributed by atoms with van der Waals surface area (Å²) in [6.45, 7) is 2.44. The Morgan fingerprint density at radius 2 is 1.64 bits per heavy atom. The average Bonchev–Trinajstić information content (AvgIpc) is 3.09. The Balaban J connectivity index is 1.39. The summed E-state index contributed by atoms with van der Waals surface area (Å²) in [6, 6.07) is 16.7. The summed E-state index contributed by atoms with van der Waals surface area (Å²) in [6.07, 6.45) is 0. The molecule has 0 radical (unpaired) electrons. The first-order chi connectivity index (χ1) is 13.6. The van der Waals surface area contributed by atoms with E-state index in [-0.39, 0.29) is 12.5 Å². The Morgan fingerprint density at radius 1 is 0.929 bits per heavy atom. The van der Waals surface area contributed by atoms with Crippen molar-refractivity contribution in [2.45, 2.75) is 6.54 Å². The molecule has 4 rings (SSSR count). The number of anilines is 1. The number of benzene rings is 2. The van der Waals surface area contributed by atoms with Gasteiger partial charge in [-0.15, -0.1) is 0 Å². The van der Waals surface area contributed by atoms with Gasteiger partial charge in [0.05, 0.1) is 5.69 Å². The van der Waals surface area contributed by atoms with Gasteiger partial charge >= 0.3 is 5.69 Å². The largest absolute Gasteiger partial charge is 0.368 e. The lowest BCUT2D eigenvalue weighted by Gasteiger charge is -2.36. The Hall–Kier alpha value is -3.13. The molecule has 1 fully saturated rings. The fourth-order valence-corrected chi connectivity index (χ4v) is 3.40. The molecule has 28 heavy (non-hydrogen) atoms. The lowest BCUT2D eigenvalue weighted by atomic mass is 10.2. The zero-order valence-electron chi connectivity index (χ0n) is 15.1. The van der Waals surface area contributed by atoms with Crippen LogP contribution in [-0.2, 0) is 11.3 Å². The molecule has 0 unspecified atom stereocenters. The van der Waals surface area contributed by atoms with Crippen molar-refractivity contribution in [1.29, 1.82) is 0 Å². The SMILES string of the molecule is O=C(Cn1nnn(-c2ccccc2)c1=O)N1CCN(c2cccc(Cl)c2)CC1. The molecular formula is C19H19ClN6O2. The summed E-state index contributed by atoms with van der Waals surface area (Å²) < 4.78 is 2.28. The van der Waals surface area contributed by atoms with E-state index in [9.17, 15) is 9.59 Å². The molecule has 1 aromatic heterocycles. The smallest absolute Gasteiger partial charge is 0.368 e. The van der Waals surface area contributed by atoms with E-state index in [1.54, 1.807) is 17.0 Å². The van der Waals surface area contributed by atoms with Gasteiger partial charge in [0.2, 0.25) is 5.91 Å². The van der Waals surface area contributed by atoms with Crippen LogP contribution in [0.1, 0.15) is 0 Å². The third-order valence-corrected chi connectivity index (χ3v) is 4.97. The Morgan fingerprint density at radius 3 is 2.36 bits per heavy atom. The van der Waals surface area contributed by atoms with Crippen LogP contribution in [-0.4, -0.2) is 56.8 Å². The molecule has 144 valence electrons. The van der Waals surface area contributed by atoms with Gasteiger partial charge in [0.1, 0.15) is 6.54 Å². The molecule has 3 aromatic rings. The van der Waals surface area contributed by atoms with Crippen LogP contribution in [0.2, 0.25) is 5.02 Å². The van der Waals surface area contributed by atoms with E-state index in [0.29, 0.717) is 36.9 Å². The zero-order valence-corrected chi connectivity index (χ0v) is 15.9. The van der Waals surface area contributed by atoms with Crippen LogP contribution in [0.5, 0.6) is 0 Å². The van der Waals surface area contributed by atoms with Gasteiger partial charge in [-0.05, 0) is 40.8 Å². The monoisotopic (exact) mass is 398 g/mol. The number of aromatic nitrogens is 4. The quantitative estimate of drug-likeness (QED) is 0.664. The molecule has 1 aliphatic heterocycles. The van der Waals surface area contributed by atoms with Crippen molar-refractivity contribution in [3.05, 3.63) is 70.1 Å². The number of carbonyl (C=O) groups excluding carboxylic acids is 1. The van der Waals surface area contributed by atoms with Crippen molar-refractivity contribution < 1.29 is 4.79 Å². The van der Waals surface area contributed by atoms with E-state index < -0.39 is 5.69 Å². The van der Waals surface area contributed by atoms with Crippen LogP contribution in [0.4, 0.5) is 5.69 Å². The number of hydrogen-bond acceptors (Lipinski definition) is 5. The molecule has 2 heterocycles. The van der Waals surface area contributed by atoms with Crippen LogP contribution in [0.3, 0.4) is 0 Å². The Labute approximate surface area is 166 Å². The lowest BCUT2D eigenvalue weighted by Crippen LogP contribution is -2.50. The summed E-state index contributed by atoms with van der Waals surface area (Å²) in [5, 5.41) is 8.41. The van der Waals surface area contributed by atoms with Gasteiger partial charge in [-0.2, -0.15) is 9.36 Å². The summed E-state index contributed by atoms with van der Waals surface area (Å²) in [4.78, 5) is 29.0. The molecule has 1 saturated heterocycles. The van der Waals surface area contributed by atoms with E-state index >= 15 is 0 Å². The van der Waals surface area contributed by atoms with Crippen molar-refractivity contribution in [2.24, 2.45) is 0 Å². The number of amides is 1. The van der Waals surface area contributed by atoms with Crippen molar-refractivity contribution >= 4 is 23.2 Å². The number of nitrogens with zero attached hydrogens (tertiary/aromatic N) is 6. The van der Waals surface area contributed by atoms with E-state index in [1.807, 2.05) is 42.5 Å². The molecule has 8 nitrogen and oxygen atoms in total. The van der Waals surface area contributed by atoms with Gasteiger partial charge in [-0.1, -0.05) is 35.9 Å². The molecule has 0 saturated carbocycles. The first-order valence-electron chi connectivity index (χ1n) is 8.98. The molecule has 0 N–H and O–H groups in total. The third kappa shape index (κ3) is 3.77. The molecule has 2 aromatic carbocycles. The van der Waals surface area contributed by atoms with Gasteiger partial charge in [-0.25, -0.2) is 4.79 Å². The number of rotatable bonds is 4. The maximum atomic E-state index is 12.6. The first-order valence-corrected chi connectivity index (χ1v) is 9.36. The number of piperazine rings is 1. The van der Waals surface area contributed by atoms with E-state index in [1.165, 1.54) is 4.68 Å². The van der Waals surface area contributed by atoms with E-state index in [0.717, 1.165) is 10.4 Å². The van der Waals surface area contributed by atoms with Crippen LogP contribution in [0.25, 0.3) is 5.69 Å². The highest BCUT2D eigenvalue weighted by molar-refractivity contribution is 6.30. The third-order valence-electron chi connectivity index (χ3n) is 4.73. The summed E-state index contributed by atoms with van der Waals surface area (Å²) in [5.74, 6) is -0.145. The molecule has 9 heteroatoms. The summed E-state index contributed by atoms with van der Waals surface area (Å²) in [5.41, 5.74) is 1.22. The maximum Gasteiger partial charge on any atom is 0.368 e. The molecule has 0 bridgehead atoms. The van der Waals surface area contributed by atoms with Crippen LogP contribution in [0, 0.1) is 0 Å². The minimum absolute atomic E-state index is 0.122. The van der Waals surface area contributed by atoms with Crippen molar-refractivity contribution in [2.75, 3.05) is 31.1 Å². The maximum absolute atomic E-state index is 12.6. The molecule has 0 spiro atoms. The fourth-order valence-electron chi connectivity index (χ4n) is 3.22. The standard InChI is InChI=1S/C19H19ClN6O2/c20-15-5-4-8-17(13-15)23-9-11-24(12-10-23)18(27)14-25-19(28)26(22-21-25)16-6-2-1-3-7-16/h1-8,13H,9-12,14H2. The first kappa shape index (κ1) is 18.2. The van der Waals surface area contributed by atoms with E-state index in [4.69, 9.17) is 11.6 Å². The lowest BCUT2D eigenvalue weighted by molar-refractivity contribution is -0.132. The predicted octanol–water partition coefficient (Wildman–Crippen LogP) is 1.43. The number of para-hydroxylation sites is 1. The molecular weight excluding hydrogens is 380 g/mol. The number of carbonyl (C=O) groups is 1. The highest BCUT2D eigenvalue weighted by Gasteiger charge is 2.23. The number of tetrazole rings is 1. The Kier molecular flexibility index (Phi) is 5.12. The van der Waals surface area contributed by atoms with Crippen LogP contribution >= 0.6 is 11.6 Å². The topological polar surface area (TPSA) is 76.3 Å². The highest BCUT2D eigenvalue weighted by Crippen LogP contribution is 2.20. The van der Waals surface area contributed by atoms with Crippen molar-refractivity contribution in [3.63, 3.8) is 0 Å². The Bertz CT molecular complexity index is 1020. The number of hydrogen-bond donors (Lipinski definition) is 0. The predicted molar refractivity (Wildman–Crippen MR) is 106 cm³/mol. The van der Waals surface area contributed by atoms with Crippen molar-refractivity contribution in [1.82, 2.24) is 24.7 Å². The molecule has 1 amide bonds. The zero-order chi connectivity index (χ0) is 19.5. The van der Waals surface area contributed by atoms with Gasteiger partial charge in [-0.3, -0.25) is 4.79 Å².